The van der Waals surface area contributed by atoms with Crippen LogP contribution in [-0.4, -0.2) is 45.6 Å². The first-order chi connectivity index (χ1) is 10.7. The van der Waals surface area contributed by atoms with Gasteiger partial charge in [0.1, 0.15) is 0 Å². The smallest absolute Gasteiger partial charge is 0.317 e. The molecule has 6 heteroatoms. The van der Waals surface area contributed by atoms with E-state index in [0.29, 0.717) is 19.0 Å². The Kier molecular flexibility index (Phi) is 4.37. The van der Waals surface area contributed by atoms with Crippen molar-refractivity contribution >= 4 is 6.03 Å². The second-order valence-electron chi connectivity index (χ2n) is 5.71. The number of rotatable bonds is 6. The Balaban J connectivity index is 1.53. The molecule has 0 unspecified atom stereocenters. The second kappa shape index (κ2) is 6.60. The van der Waals surface area contributed by atoms with Crippen molar-refractivity contribution in [2.24, 2.45) is 0 Å². The number of carbonyl (C=O) groups excluding carboxylic acids is 1. The van der Waals surface area contributed by atoms with Gasteiger partial charge in [0.25, 0.3) is 0 Å². The molecule has 0 spiro atoms. The van der Waals surface area contributed by atoms with Gasteiger partial charge in [-0.2, -0.15) is 0 Å². The minimum Gasteiger partial charge on any atom is -0.336 e. The summed E-state index contributed by atoms with van der Waals surface area (Å²) in [6.07, 6.45) is 2.85. The van der Waals surface area contributed by atoms with Gasteiger partial charge in [-0.05, 0) is 17.9 Å². The molecule has 1 aromatic heterocycles. The van der Waals surface area contributed by atoms with Crippen molar-refractivity contribution in [3.8, 4) is 0 Å². The molecule has 0 aliphatic carbocycles. The van der Waals surface area contributed by atoms with Crippen LogP contribution in [0.3, 0.4) is 0 Å². The average Bonchev–Trinajstić information content (AvgIpc) is 3.15. The van der Waals surface area contributed by atoms with Gasteiger partial charge in [-0.25, -0.2) is 4.79 Å². The number of nitrogens with one attached hydrogen (secondary N) is 1. The van der Waals surface area contributed by atoms with Crippen molar-refractivity contribution in [2.45, 2.75) is 25.8 Å². The third kappa shape index (κ3) is 3.44. The van der Waals surface area contributed by atoms with Crippen LogP contribution in [0.4, 0.5) is 4.79 Å². The predicted molar refractivity (Wildman–Crippen MR) is 83.6 cm³/mol. The van der Waals surface area contributed by atoms with Crippen LogP contribution < -0.4 is 5.32 Å². The summed E-state index contributed by atoms with van der Waals surface area (Å²) in [6, 6.07) is 10.4. The Hall–Kier alpha value is -2.37. The molecule has 1 aliphatic rings. The molecule has 116 valence electrons. The summed E-state index contributed by atoms with van der Waals surface area (Å²) in [6.45, 7) is 5.05. The number of benzene rings is 1. The number of carbonyl (C=O) groups is 1. The Bertz CT molecular complexity index is 624. The van der Waals surface area contributed by atoms with Crippen molar-refractivity contribution in [1.29, 1.82) is 0 Å². The predicted octanol–water partition coefficient (Wildman–Crippen LogP) is 1.65. The van der Waals surface area contributed by atoms with Crippen molar-refractivity contribution in [2.75, 3.05) is 19.6 Å². The van der Waals surface area contributed by atoms with E-state index in [1.54, 1.807) is 4.90 Å². The third-order valence-corrected chi connectivity index (χ3v) is 4.01. The van der Waals surface area contributed by atoms with Gasteiger partial charge in [0, 0.05) is 25.8 Å². The molecule has 1 fully saturated rings. The molecule has 6 nitrogen and oxygen atoms in total. The van der Waals surface area contributed by atoms with E-state index >= 15 is 0 Å². The Labute approximate surface area is 130 Å². The number of nitrogens with zero attached hydrogens (tertiary/aromatic N) is 4. The van der Waals surface area contributed by atoms with Gasteiger partial charge in [-0.3, -0.25) is 4.68 Å². The lowest BCUT2D eigenvalue weighted by Crippen LogP contribution is -2.31. The molecule has 2 heterocycles. The van der Waals surface area contributed by atoms with E-state index in [2.05, 4.69) is 46.8 Å². The third-order valence-electron chi connectivity index (χ3n) is 4.01. The zero-order valence-electron chi connectivity index (χ0n) is 12.8. The molecule has 0 radical (unpaired) electrons. The highest BCUT2D eigenvalue weighted by molar-refractivity contribution is 5.76. The molecular formula is C16H21N5O. The van der Waals surface area contributed by atoms with Crippen LogP contribution in [0.15, 0.2) is 36.5 Å². The van der Waals surface area contributed by atoms with Crippen LogP contribution in [0.25, 0.3) is 0 Å². The van der Waals surface area contributed by atoms with Gasteiger partial charge in [0.2, 0.25) is 0 Å². The zero-order valence-corrected chi connectivity index (χ0v) is 12.8. The summed E-state index contributed by atoms with van der Waals surface area (Å²) < 4.78 is 1.82. The molecule has 1 aromatic carbocycles. The summed E-state index contributed by atoms with van der Waals surface area (Å²) in [5.74, 6) is 0.413. The topological polar surface area (TPSA) is 63.0 Å². The van der Waals surface area contributed by atoms with Crippen molar-refractivity contribution in [1.82, 2.24) is 25.2 Å². The molecule has 2 amide bonds. The SMILES string of the molecule is C[C@@H](Cc1cn(CCN2CCNC2=O)nn1)c1ccccc1. The molecule has 22 heavy (non-hydrogen) atoms. The fraction of sp³-hybridized carbons (Fsp3) is 0.438. The fourth-order valence-electron chi connectivity index (χ4n) is 2.70. The summed E-state index contributed by atoms with van der Waals surface area (Å²) in [7, 11) is 0. The van der Waals surface area contributed by atoms with Gasteiger partial charge in [-0.1, -0.05) is 42.5 Å². The highest BCUT2D eigenvalue weighted by Crippen LogP contribution is 2.18. The summed E-state index contributed by atoms with van der Waals surface area (Å²) in [5, 5.41) is 11.2. The molecule has 1 atom stereocenters. The van der Waals surface area contributed by atoms with Crippen LogP contribution in [0.2, 0.25) is 0 Å². The van der Waals surface area contributed by atoms with E-state index in [9.17, 15) is 4.79 Å². The molecular weight excluding hydrogens is 278 g/mol. The van der Waals surface area contributed by atoms with Crippen LogP contribution >= 0.6 is 0 Å². The Morgan fingerprint density at radius 2 is 2.09 bits per heavy atom. The van der Waals surface area contributed by atoms with Gasteiger partial charge >= 0.3 is 6.03 Å². The lowest BCUT2D eigenvalue weighted by Gasteiger charge is -2.13. The van der Waals surface area contributed by atoms with Crippen LogP contribution in [0.5, 0.6) is 0 Å². The molecule has 0 bridgehead atoms. The molecule has 1 saturated heterocycles. The van der Waals surface area contributed by atoms with Crippen LogP contribution in [0, 0.1) is 0 Å². The first-order valence-electron chi connectivity index (χ1n) is 7.69. The minimum absolute atomic E-state index is 0.0121. The second-order valence-corrected chi connectivity index (χ2v) is 5.71. The molecule has 2 aromatic rings. The molecule has 3 rings (SSSR count). The highest BCUT2D eigenvalue weighted by Gasteiger charge is 2.19. The maximum absolute atomic E-state index is 11.5. The molecule has 0 saturated carbocycles. The van der Waals surface area contributed by atoms with E-state index in [1.807, 2.05) is 16.9 Å². The van der Waals surface area contributed by atoms with Crippen molar-refractivity contribution in [3.05, 3.63) is 47.8 Å². The fourth-order valence-corrected chi connectivity index (χ4v) is 2.70. The lowest BCUT2D eigenvalue weighted by molar-refractivity contribution is 0.215. The van der Waals surface area contributed by atoms with Gasteiger partial charge in [-0.15, -0.1) is 5.10 Å². The number of hydrogen-bond acceptors (Lipinski definition) is 3. The van der Waals surface area contributed by atoms with E-state index in [-0.39, 0.29) is 6.03 Å². The summed E-state index contributed by atoms with van der Waals surface area (Å²) >= 11 is 0. The first-order valence-corrected chi connectivity index (χ1v) is 7.69. The average molecular weight is 299 g/mol. The van der Waals surface area contributed by atoms with Crippen LogP contribution in [-0.2, 0) is 13.0 Å². The highest BCUT2D eigenvalue weighted by atomic mass is 16.2. The molecule has 1 aliphatic heterocycles. The van der Waals surface area contributed by atoms with Crippen molar-refractivity contribution in [3.63, 3.8) is 0 Å². The quantitative estimate of drug-likeness (QED) is 0.882. The Morgan fingerprint density at radius 3 is 2.82 bits per heavy atom. The number of aromatic nitrogens is 3. The maximum atomic E-state index is 11.5. The normalized spacial score (nSPS) is 15.9. The van der Waals surface area contributed by atoms with Gasteiger partial charge < -0.3 is 10.2 Å². The Morgan fingerprint density at radius 1 is 1.27 bits per heavy atom. The monoisotopic (exact) mass is 299 g/mol. The number of urea groups is 1. The number of hydrogen-bond donors (Lipinski definition) is 1. The summed E-state index contributed by atoms with van der Waals surface area (Å²) in [4.78, 5) is 13.3. The van der Waals surface area contributed by atoms with E-state index in [1.165, 1.54) is 5.56 Å². The van der Waals surface area contributed by atoms with E-state index < -0.39 is 0 Å². The van der Waals surface area contributed by atoms with E-state index in [0.717, 1.165) is 25.2 Å². The van der Waals surface area contributed by atoms with E-state index in [4.69, 9.17) is 0 Å². The zero-order chi connectivity index (χ0) is 15.4. The number of amides is 2. The lowest BCUT2D eigenvalue weighted by atomic mass is 9.97. The summed E-state index contributed by atoms with van der Waals surface area (Å²) in [5.41, 5.74) is 2.30. The standard InChI is InChI=1S/C16H21N5O/c1-13(14-5-3-2-4-6-14)11-15-12-21(19-18-15)10-9-20-8-7-17-16(20)22/h2-6,12-13H,7-11H2,1H3,(H,17,22)/t13-/m0/s1. The van der Waals surface area contributed by atoms with Gasteiger partial charge in [0.15, 0.2) is 0 Å². The van der Waals surface area contributed by atoms with Crippen LogP contribution in [0.1, 0.15) is 24.1 Å². The largest absolute Gasteiger partial charge is 0.336 e. The van der Waals surface area contributed by atoms with Crippen molar-refractivity contribution < 1.29 is 4.79 Å². The van der Waals surface area contributed by atoms with Gasteiger partial charge in [0.05, 0.1) is 12.2 Å². The first kappa shape index (κ1) is 14.6. The maximum Gasteiger partial charge on any atom is 0.317 e. The molecule has 1 N–H and O–H groups in total. The minimum atomic E-state index is 0.0121.